The van der Waals surface area contributed by atoms with Crippen LogP contribution in [0.15, 0.2) is 30.0 Å². The third-order valence-electron chi connectivity index (χ3n) is 2.31. The van der Waals surface area contributed by atoms with Crippen LogP contribution in [-0.4, -0.2) is 18.9 Å². The average Bonchev–Trinajstić information content (AvgIpc) is 2.53. The zero-order chi connectivity index (χ0) is 12.5. The van der Waals surface area contributed by atoms with E-state index in [1.54, 1.807) is 27.0 Å². The monoisotopic (exact) mass is 234 g/mol. The van der Waals surface area contributed by atoms with Gasteiger partial charge in [0.2, 0.25) is 11.5 Å². The van der Waals surface area contributed by atoms with Crippen LogP contribution in [-0.2, 0) is 14.3 Å². The Morgan fingerprint density at radius 2 is 1.82 bits per heavy atom. The van der Waals surface area contributed by atoms with Crippen molar-refractivity contribution in [2.24, 2.45) is 0 Å². The van der Waals surface area contributed by atoms with Gasteiger partial charge in [-0.3, -0.25) is 0 Å². The van der Waals surface area contributed by atoms with Gasteiger partial charge < -0.3 is 14.2 Å². The quantitative estimate of drug-likeness (QED) is 0.582. The van der Waals surface area contributed by atoms with Gasteiger partial charge in [-0.2, -0.15) is 0 Å². The van der Waals surface area contributed by atoms with Gasteiger partial charge in [0, 0.05) is 13.8 Å². The molecule has 0 N–H and O–H groups in total. The van der Waals surface area contributed by atoms with Gasteiger partial charge in [0.15, 0.2) is 0 Å². The molecule has 17 heavy (non-hydrogen) atoms. The van der Waals surface area contributed by atoms with Crippen molar-refractivity contribution in [3.05, 3.63) is 35.6 Å². The first-order chi connectivity index (χ1) is 8.00. The molecule has 0 bridgehead atoms. The highest BCUT2D eigenvalue weighted by Crippen LogP contribution is 2.27. The Hall–Kier alpha value is -1.97. The summed E-state index contributed by atoms with van der Waals surface area (Å²) in [5.74, 6) is -0.330. The molecule has 1 fully saturated rings. The Labute approximate surface area is 99.8 Å². The standard InChI is InChI=1S/C13H14O4/c1-13(2)16-11(12(14)17-13)8-9-4-6-10(15-3)7-5-9/h4-8H,1-3H3/b11-8-. The summed E-state index contributed by atoms with van der Waals surface area (Å²) in [5.41, 5.74) is 0.857. The predicted molar refractivity (Wildman–Crippen MR) is 62.2 cm³/mol. The topological polar surface area (TPSA) is 44.8 Å². The van der Waals surface area contributed by atoms with E-state index in [1.807, 2.05) is 24.3 Å². The number of methoxy groups -OCH3 is 1. The van der Waals surface area contributed by atoms with Gasteiger partial charge in [0.25, 0.3) is 0 Å². The molecule has 0 radical (unpaired) electrons. The number of carbonyl (C=O) groups excluding carboxylic acids is 1. The van der Waals surface area contributed by atoms with Crippen LogP contribution in [0.5, 0.6) is 5.75 Å². The lowest BCUT2D eigenvalue weighted by Gasteiger charge is -2.13. The molecule has 0 amide bonds. The average molecular weight is 234 g/mol. The predicted octanol–water partition coefficient (Wildman–Crippen LogP) is 2.35. The molecule has 1 saturated heterocycles. The fourth-order valence-electron chi connectivity index (χ4n) is 1.54. The third-order valence-corrected chi connectivity index (χ3v) is 2.31. The number of rotatable bonds is 2. The molecule has 0 saturated carbocycles. The summed E-state index contributed by atoms with van der Waals surface area (Å²) in [6.45, 7) is 3.39. The molecule has 1 aromatic carbocycles. The molecule has 0 aromatic heterocycles. The van der Waals surface area contributed by atoms with Crippen LogP contribution in [0.2, 0.25) is 0 Å². The molecule has 4 nitrogen and oxygen atoms in total. The molecule has 2 rings (SSSR count). The number of benzene rings is 1. The van der Waals surface area contributed by atoms with Gasteiger partial charge >= 0.3 is 5.97 Å². The maximum atomic E-state index is 11.5. The fraction of sp³-hybridized carbons (Fsp3) is 0.308. The van der Waals surface area contributed by atoms with Crippen molar-refractivity contribution in [2.75, 3.05) is 7.11 Å². The minimum absolute atomic E-state index is 0.222. The second kappa shape index (κ2) is 4.13. The van der Waals surface area contributed by atoms with Gasteiger partial charge in [0.1, 0.15) is 5.75 Å². The van der Waals surface area contributed by atoms with E-state index in [0.29, 0.717) is 0 Å². The van der Waals surface area contributed by atoms with Crippen molar-refractivity contribution in [2.45, 2.75) is 19.6 Å². The summed E-state index contributed by atoms with van der Waals surface area (Å²) in [5, 5.41) is 0. The molecule has 0 atom stereocenters. The molecular weight excluding hydrogens is 220 g/mol. The normalized spacial score (nSPS) is 19.9. The Morgan fingerprint density at radius 3 is 2.29 bits per heavy atom. The summed E-state index contributed by atoms with van der Waals surface area (Å²) >= 11 is 0. The highest BCUT2D eigenvalue weighted by molar-refractivity contribution is 5.93. The first kappa shape index (κ1) is 11.5. The Bertz CT molecular complexity index is 457. The van der Waals surface area contributed by atoms with Gasteiger partial charge in [0.05, 0.1) is 7.11 Å². The number of esters is 1. The highest BCUT2D eigenvalue weighted by atomic mass is 16.8. The largest absolute Gasteiger partial charge is 0.497 e. The van der Waals surface area contributed by atoms with Crippen molar-refractivity contribution in [3.63, 3.8) is 0 Å². The van der Waals surface area contributed by atoms with Crippen molar-refractivity contribution in [1.82, 2.24) is 0 Å². The minimum Gasteiger partial charge on any atom is -0.497 e. The van der Waals surface area contributed by atoms with Gasteiger partial charge in [-0.1, -0.05) is 12.1 Å². The van der Waals surface area contributed by atoms with E-state index in [2.05, 4.69) is 0 Å². The molecule has 90 valence electrons. The van der Waals surface area contributed by atoms with E-state index in [0.717, 1.165) is 11.3 Å². The Kier molecular flexibility index (Phi) is 2.79. The zero-order valence-electron chi connectivity index (χ0n) is 10.0. The summed E-state index contributed by atoms with van der Waals surface area (Å²) in [6.07, 6.45) is 1.65. The van der Waals surface area contributed by atoms with Crippen molar-refractivity contribution >= 4 is 12.0 Å². The summed E-state index contributed by atoms with van der Waals surface area (Å²) in [6, 6.07) is 7.32. The van der Waals surface area contributed by atoms with Crippen LogP contribution in [0, 0.1) is 0 Å². The highest BCUT2D eigenvalue weighted by Gasteiger charge is 2.37. The second-order valence-corrected chi connectivity index (χ2v) is 4.17. The van der Waals surface area contributed by atoms with Gasteiger partial charge in [-0.05, 0) is 23.8 Å². The number of hydrogen-bond donors (Lipinski definition) is 0. The van der Waals surface area contributed by atoms with E-state index in [-0.39, 0.29) is 5.76 Å². The van der Waals surface area contributed by atoms with Crippen LogP contribution in [0.4, 0.5) is 0 Å². The molecule has 0 spiro atoms. The third kappa shape index (κ3) is 2.58. The maximum absolute atomic E-state index is 11.5. The summed E-state index contributed by atoms with van der Waals surface area (Å²) < 4.78 is 15.5. The van der Waals surface area contributed by atoms with Crippen LogP contribution < -0.4 is 4.74 Å². The second-order valence-electron chi connectivity index (χ2n) is 4.17. The van der Waals surface area contributed by atoms with Crippen molar-refractivity contribution in [3.8, 4) is 5.75 Å². The molecule has 0 unspecified atom stereocenters. The Morgan fingerprint density at radius 1 is 1.18 bits per heavy atom. The van der Waals surface area contributed by atoms with Gasteiger partial charge in [-0.25, -0.2) is 4.79 Å². The molecular formula is C13H14O4. The van der Waals surface area contributed by atoms with E-state index >= 15 is 0 Å². The minimum atomic E-state index is -0.880. The molecule has 1 aliphatic rings. The van der Waals surface area contributed by atoms with Crippen LogP contribution >= 0.6 is 0 Å². The molecule has 4 heteroatoms. The van der Waals surface area contributed by atoms with E-state index < -0.39 is 11.8 Å². The molecule has 1 aromatic rings. The lowest BCUT2D eigenvalue weighted by atomic mass is 10.2. The van der Waals surface area contributed by atoms with Crippen LogP contribution in [0.3, 0.4) is 0 Å². The number of carbonyl (C=O) groups is 1. The molecule has 1 heterocycles. The summed E-state index contributed by atoms with van der Waals surface area (Å²) in [4.78, 5) is 11.5. The maximum Gasteiger partial charge on any atom is 0.377 e. The van der Waals surface area contributed by atoms with E-state index in [4.69, 9.17) is 14.2 Å². The van der Waals surface area contributed by atoms with Gasteiger partial charge in [-0.15, -0.1) is 0 Å². The van der Waals surface area contributed by atoms with E-state index in [1.165, 1.54) is 0 Å². The lowest BCUT2D eigenvalue weighted by Crippen LogP contribution is -2.19. The number of ether oxygens (including phenoxy) is 3. The van der Waals surface area contributed by atoms with Crippen LogP contribution in [0.25, 0.3) is 6.08 Å². The van der Waals surface area contributed by atoms with Crippen molar-refractivity contribution in [1.29, 1.82) is 0 Å². The van der Waals surface area contributed by atoms with E-state index in [9.17, 15) is 4.79 Å². The first-order valence-electron chi connectivity index (χ1n) is 5.28. The zero-order valence-corrected chi connectivity index (χ0v) is 10.0. The smallest absolute Gasteiger partial charge is 0.377 e. The Balaban J connectivity index is 2.21. The summed E-state index contributed by atoms with van der Waals surface area (Å²) in [7, 11) is 1.60. The lowest BCUT2D eigenvalue weighted by molar-refractivity contribution is -0.159. The molecule has 0 aliphatic carbocycles. The SMILES string of the molecule is COc1ccc(/C=C2\OC(C)(C)OC2=O)cc1. The van der Waals surface area contributed by atoms with Crippen molar-refractivity contribution < 1.29 is 19.0 Å². The first-order valence-corrected chi connectivity index (χ1v) is 5.28. The molecule has 1 aliphatic heterocycles. The number of hydrogen-bond acceptors (Lipinski definition) is 4. The van der Waals surface area contributed by atoms with Crippen LogP contribution in [0.1, 0.15) is 19.4 Å². The number of cyclic esters (lactones) is 1. The fourth-order valence-corrected chi connectivity index (χ4v) is 1.54.